The standard InChI is InChI=1S/C18H18ClN5O4S/c1-2-28-15(26)8-20-14(25)10-29-18-22-16-13(17(27)23-18)7-21-24(16)9-11-4-3-5-12(19)6-11/h3-7H,2,8-10H2,1H3,(H,20,25)(H,22,23,27). The number of hydrogen-bond donors (Lipinski definition) is 2. The van der Waals surface area contributed by atoms with Gasteiger partial charge in [0.25, 0.3) is 5.56 Å². The van der Waals surface area contributed by atoms with Crippen LogP contribution in [0, 0.1) is 0 Å². The highest BCUT2D eigenvalue weighted by Crippen LogP contribution is 2.17. The third-order valence-electron chi connectivity index (χ3n) is 3.78. The molecule has 0 unspecified atom stereocenters. The first kappa shape index (κ1) is 20.9. The lowest BCUT2D eigenvalue weighted by molar-refractivity contribution is -0.143. The van der Waals surface area contributed by atoms with E-state index in [2.05, 4.69) is 20.4 Å². The van der Waals surface area contributed by atoms with E-state index in [-0.39, 0.29) is 35.5 Å². The molecule has 1 amide bonds. The van der Waals surface area contributed by atoms with Gasteiger partial charge in [0.1, 0.15) is 11.9 Å². The molecule has 29 heavy (non-hydrogen) atoms. The molecule has 3 aromatic rings. The molecule has 1 aromatic carbocycles. The molecule has 0 saturated heterocycles. The summed E-state index contributed by atoms with van der Waals surface area (Å²) in [7, 11) is 0. The van der Waals surface area contributed by atoms with Crippen molar-refractivity contribution >= 4 is 46.3 Å². The number of carbonyl (C=O) groups excluding carboxylic acids is 2. The molecule has 0 aliphatic heterocycles. The number of nitrogens with zero attached hydrogens (tertiary/aromatic N) is 3. The van der Waals surface area contributed by atoms with E-state index in [1.165, 1.54) is 6.20 Å². The van der Waals surface area contributed by atoms with E-state index < -0.39 is 5.97 Å². The highest BCUT2D eigenvalue weighted by Gasteiger charge is 2.13. The smallest absolute Gasteiger partial charge is 0.325 e. The number of halogens is 1. The zero-order valence-electron chi connectivity index (χ0n) is 15.5. The van der Waals surface area contributed by atoms with Gasteiger partial charge in [-0.05, 0) is 24.6 Å². The molecule has 0 saturated carbocycles. The van der Waals surface area contributed by atoms with E-state index in [0.29, 0.717) is 22.6 Å². The van der Waals surface area contributed by atoms with Crippen LogP contribution in [-0.2, 0) is 20.9 Å². The minimum Gasteiger partial charge on any atom is -0.465 e. The molecule has 0 bridgehead atoms. The number of H-pyrrole nitrogens is 1. The number of aromatic nitrogens is 4. The summed E-state index contributed by atoms with van der Waals surface area (Å²) in [6.07, 6.45) is 1.45. The van der Waals surface area contributed by atoms with Crippen LogP contribution >= 0.6 is 23.4 Å². The Kier molecular flexibility index (Phi) is 6.89. The quantitative estimate of drug-likeness (QED) is 0.313. The first-order chi connectivity index (χ1) is 14.0. The Labute approximate surface area is 174 Å². The highest BCUT2D eigenvalue weighted by atomic mass is 35.5. The maximum absolute atomic E-state index is 12.3. The number of esters is 1. The maximum atomic E-state index is 12.3. The van der Waals surface area contributed by atoms with Crippen LogP contribution in [0.15, 0.2) is 40.4 Å². The number of benzene rings is 1. The van der Waals surface area contributed by atoms with Crippen LogP contribution in [-0.4, -0.2) is 50.5 Å². The lowest BCUT2D eigenvalue weighted by atomic mass is 10.2. The van der Waals surface area contributed by atoms with Gasteiger partial charge in [0.05, 0.1) is 25.1 Å². The highest BCUT2D eigenvalue weighted by molar-refractivity contribution is 7.99. The van der Waals surface area contributed by atoms with Gasteiger partial charge in [0, 0.05) is 5.02 Å². The normalized spacial score (nSPS) is 10.8. The molecule has 2 heterocycles. The van der Waals surface area contributed by atoms with Crippen LogP contribution in [0.1, 0.15) is 12.5 Å². The Hall–Kier alpha value is -2.85. The van der Waals surface area contributed by atoms with Crippen LogP contribution in [0.3, 0.4) is 0 Å². The number of carbonyl (C=O) groups is 2. The predicted molar refractivity (Wildman–Crippen MR) is 109 cm³/mol. The molecular formula is C18H18ClN5O4S. The average Bonchev–Trinajstić information content (AvgIpc) is 3.08. The Morgan fingerprint density at radius 1 is 1.38 bits per heavy atom. The van der Waals surface area contributed by atoms with Gasteiger partial charge in [0.15, 0.2) is 10.8 Å². The first-order valence-electron chi connectivity index (χ1n) is 8.71. The molecule has 0 fully saturated rings. The van der Waals surface area contributed by atoms with Gasteiger partial charge in [-0.3, -0.25) is 14.4 Å². The second-order valence-electron chi connectivity index (χ2n) is 5.91. The fourth-order valence-corrected chi connectivity index (χ4v) is 3.40. The van der Waals surface area contributed by atoms with Crippen LogP contribution in [0.25, 0.3) is 11.0 Å². The Bertz CT molecular complexity index is 1100. The number of thioether (sulfide) groups is 1. The molecule has 2 N–H and O–H groups in total. The van der Waals surface area contributed by atoms with Crippen molar-refractivity contribution in [2.24, 2.45) is 0 Å². The van der Waals surface area contributed by atoms with E-state index in [1.807, 2.05) is 18.2 Å². The summed E-state index contributed by atoms with van der Waals surface area (Å²) >= 11 is 7.07. The fraction of sp³-hybridized carbons (Fsp3) is 0.278. The zero-order chi connectivity index (χ0) is 20.8. The second kappa shape index (κ2) is 9.57. The number of rotatable bonds is 8. The van der Waals surface area contributed by atoms with Crippen LogP contribution < -0.4 is 10.9 Å². The van der Waals surface area contributed by atoms with Gasteiger partial charge in [-0.2, -0.15) is 5.10 Å². The van der Waals surface area contributed by atoms with Crippen molar-refractivity contribution < 1.29 is 14.3 Å². The second-order valence-corrected chi connectivity index (χ2v) is 7.31. The Balaban J connectivity index is 1.70. The van der Waals surface area contributed by atoms with Crippen molar-refractivity contribution in [1.82, 2.24) is 25.1 Å². The van der Waals surface area contributed by atoms with E-state index in [1.54, 1.807) is 17.7 Å². The van der Waals surface area contributed by atoms with Crippen molar-refractivity contribution in [1.29, 1.82) is 0 Å². The van der Waals surface area contributed by atoms with E-state index >= 15 is 0 Å². The summed E-state index contributed by atoms with van der Waals surface area (Å²) in [4.78, 5) is 42.5. The van der Waals surface area contributed by atoms with Gasteiger partial charge in [-0.1, -0.05) is 35.5 Å². The summed E-state index contributed by atoms with van der Waals surface area (Å²) in [6, 6.07) is 7.32. The number of nitrogens with one attached hydrogen (secondary N) is 2. The van der Waals surface area contributed by atoms with Crippen LogP contribution in [0.5, 0.6) is 0 Å². The number of fused-ring (bicyclic) bond motifs is 1. The SMILES string of the molecule is CCOC(=O)CNC(=O)CSc1nc2c(cnn2Cc2cccc(Cl)c2)c(=O)[nH]1. The minimum atomic E-state index is -0.510. The van der Waals surface area contributed by atoms with Crippen molar-refractivity contribution in [3.63, 3.8) is 0 Å². The molecule has 0 spiro atoms. The zero-order valence-corrected chi connectivity index (χ0v) is 17.0. The molecule has 11 heteroatoms. The topological polar surface area (TPSA) is 119 Å². The van der Waals surface area contributed by atoms with E-state index in [9.17, 15) is 14.4 Å². The number of hydrogen-bond acceptors (Lipinski definition) is 7. The fourth-order valence-electron chi connectivity index (χ4n) is 2.51. The maximum Gasteiger partial charge on any atom is 0.325 e. The van der Waals surface area contributed by atoms with Crippen molar-refractivity contribution in [2.45, 2.75) is 18.6 Å². The van der Waals surface area contributed by atoms with E-state index in [0.717, 1.165) is 17.3 Å². The number of aromatic amines is 1. The summed E-state index contributed by atoms with van der Waals surface area (Å²) in [5.74, 6) is -0.905. The molecule has 0 aliphatic carbocycles. The summed E-state index contributed by atoms with van der Waals surface area (Å²) < 4.78 is 6.34. The molecule has 9 nitrogen and oxygen atoms in total. The lowest BCUT2D eigenvalue weighted by Gasteiger charge is -2.06. The van der Waals surface area contributed by atoms with Crippen molar-refractivity contribution in [2.75, 3.05) is 18.9 Å². The molecule has 3 rings (SSSR count). The number of amides is 1. The minimum absolute atomic E-state index is 0.0176. The average molecular weight is 436 g/mol. The van der Waals surface area contributed by atoms with Gasteiger partial charge in [-0.25, -0.2) is 9.67 Å². The predicted octanol–water partition coefficient (Wildman–Crippen LogP) is 1.59. The molecule has 152 valence electrons. The Morgan fingerprint density at radius 3 is 2.97 bits per heavy atom. The van der Waals surface area contributed by atoms with E-state index in [4.69, 9.17) is 16.3 Å². The van der Waals surface area contributed by atoms with Crippen molar-refractivity contribution in [3.05, 3.63) is 51.4 Å². The molecular weight excluding hydrogens is 418 g/mol. The summed E-state index contributed by atoms with van der Waals surface area (Å²) in [5, 5.41) is 7.92. The monoisotopic (exact) mass is 435 g/mol. The van der Waals surface area contributed by atoms with Gasteiger partial charge in [0.2, 0.25) is 5.91 Å². The first-order valence-corrected chi connectivity index (χ1v) is 10.1. The van der Waals surface area contributed by atoms with Crippen LogP contribution in [0.4, 0.5) is 0 Å². The van der Waals surface area contributed by atoms with Crippen molar-refractivity contribution in [3.8, 4) is 0 Å². The molecule has 0 atom stereocenters. The third-order valence-corrected chi connectivity index (χ3v) is 4.89. The molecule has 0 aliphatic rings. The lowest BCUT2D eigenvalue weighted by Crippen LogP contribution is -2.31. The largest absolute Gasteiger partial charge is 0.465 e. The van der Waals surface area contributed by atoms with Gasteiger partial charge >= 0.3 is 5.97 Å². The molecule has 0 radical (unpaired) electrons. The number of ether oxygens (including phenoxy) is 1. The third kappa shape index (κ3) is 5.58. The Morgan fingerprint density at radius 2 is 2.21 bits per heavy atom. The van der Waals surface area contributed by atoms with Gasteiger partial charge in [-0.15, -0.1) is 0 Å². The summed E-state index contributed by atoms with van der Waals surface area (Å²) in [6.45, 7) is 2.12. The van der Waals surface area contributed by atoms with Gasteiger partial charge < -0.3 is 15.0 Å². The van der Waals surface area contributed by atoms with Crippen LogP contribution in [0.2, 0.25) is 5.02 Å². The summed E-state index contributed by atoms with van der Waals surface area (Å²) in [5.41, 5.74) is 0.974. The molecule has 2 aromatic heterocycles.